The van der Waals surface area contributed by atoms with E-state index in [2.05, 4.69) is 4.98 Å². The molecule has 2 aliphatic rings. The van der Waals surface area contributed by atoms with Gasteiger partial charge in [0.15, 0.2) is 5.78 Å². The number of nitrogens with one attached hydrogen (secondary N) is 1. The molecule has 4 rings (SSSR count). The van der Waals surface area contributed by atoms with Crippen molar-refractivity contribution in [3.63, 3.8) is 0 Å². The smallest absolute Gasteiger partial charge is 0.264 e. The average Bonchev–Trinajstić information content (AvgIpc) is 2.89. The Balaban J connectivity index is 1.78. The molecule has 0 spiro atoms. The lowest BCUT2D eigenvalue weighted by Gasteiger charge is -2.24. The van der Waals surface area contributed by atoms with Crippen molar-refractivity contribution in [2.24, 2.45) is 5.92 Å². The molecule has 2 aromatic rings. The standard InChI is InChI=1S/C20H20N2O3/c1-11-7-16-14(18(23)8-11)10-15(19(24)21-16)20(25)22-12(2)9-13-5-3-4-6-17(13)22/h3-6,10-12H,7-9H2,1-2H3,(H,21,24)/t11-,12-/m0/s1. The van der Waals surface area contributed by atoms with Gasteiger partial charge in [0.1, 0.15) is 5.56 Å². The lowest BCUT2D eigenvalue weighted by molar-refractivity contribution is 0.0952. The molecule has 5 heteroatoms. The van der Waals surface area contributed by atoms with Crippen LogP contribution in [0, 0.1) is 5.92 Å². The van der Waals surface area contributed by atoms with E-state index in [1.165, 1.54) is 6.07 Å². The van der Waals surface area contributed by atoms with Gasteiger partial charge >= 0.3 is 0 Å². The number of aromatic nitrogens is 1. The number of H-pyrrole nitrogens is 1. The number of ketones is 1. The highest BCUT2D eigenvalue weighted by atomic mass is 16.2. The highest BCUT2D eigenvalue weighted by molar-refractivity contribution is 6.09. The first-order valence-electron chi connectivity index (χ1n) is 8.66. The highest BCUT2D eigenvalue weighted by Gasteiger charge is 2.33. The highest BCUT2D eigenvalue weighted by Crippen LogP contribution is 2.33. The summed E-state index contributed by atoms with van der Waals surface area (Å²) in [5.74, 6) is -0.135. The molecule has 1 aliphatic carbocycles. The Morgan fingerprint density at radius 3 is 2.68 bits per heavy atom. The summed E-state index contributed by atoms with van der Waals surface area (Å²) >= 11 is 0. The quantitative estimate of drug-likeness (QED) is 0.870. The van der Waals surface area contributed by atoms with Crippen molar-refractivity contribution >= 4 is 17.4 Å². The van der Waals surface area contributed by atoms with Gasteiger partial charge in [-0.3, -0.25) is 14.4 Å². The van der Waals surface area contributed by atoms with Gasteiger partial charge in [0.2, 0.25) is 0 Å². The van der Waals surface area contributed by atoms with Gasteiger partial charge in [0.25, 0.3) is 11.5 Å². The van der Waals surface area contributed by atoms with Gasteiger partial charge in [0, 0.05) is 29.4 Å². The number of anilines is 1. The van der Waals surface area contributed by atoms with Gasteiger partial charge in [-0.05, 0) is 43.4 Å². The largest absolute Gasteiger partial charge is 0.325 e. The molecule has 1 aliphatic heterocycles. The Morgan fingerprint density at radius 1 is 1.12 bits per heavy atom. The monoisotopic (exact) mass is 336 g/mol. The molecule has 0 saturated heterocycles. The molecule has 1 N–H and O–H groups in total. The van der Waals surface area contributed by atoms with Crippen LogP contribution < -0.4 is 10.5 Å². The van der Waals surface area contributed by atoms with Crippen molar-refractivity contribution in [1.82, 2.24) is 4.98 Å². The minimum Gasteiger partial charge on any atom is -0.325 e. The van der Waals surface area contributed by atoms with Crippen LogP contribution in [0.5, 0.6) is 0 Å². The predicted octanol–water partition coefficient (Wildman–Crippen LogP) is 2.73. The van der Waals surface area contributed by atoms with Gasteiger partial charge in [0.05, 0.1) is 0 Å². The van der Waals surface area contributed by atoms with Crippen LogP contribution in [0.15, 0.2) is 35.1 Å². The van der Waals surface area contributed by atoms with E-state index in [9.17, 15) is 14.4 Å². The van der Waals surface area contributed by atoms with E-state index in [-0.39, 0.29) is 29.2 Å². The summed E-state index contributed by atoms with van der Waals surface area (Å²) in [5, 5.41) is 0. The third-order valence-corrected chi connectivity index (χ3v) is 5.17. The van der Waals surface area contributed by atoms with Gasteiger partial charge < -0.3 is 9.88 Å². The number of rotatable bonds is 1. The number of Topliss-reactive ketones (excluding diaryl/α,β-unsaturated/α-hetero) is 1. The topological polar surface area (TPSA) is 70.2 Å². The van der Waals surface area contributed by atoms with Crippen LogP contribution in [-0.2, 0) is 12.8 Å². The second-order valence-corrected chi connectivity index (χ2v) is 7.20. The first kappa shape index (κ1) is 15.8. The minimum atomic E-state index is -0.415. The van der Waals surface area contributed by atoms with Crippen molar-refractivity contribution < 1.29 is 9.59 Å². The number of aromatic amines is 1. The number of fused-ring (bicyclic) bond motifs is 2. The zero-order valence-electron chi connectivity index (χ0n) is 14.3. The van der Waals surface area contributed by atoms with Crippen molar-refractivity contribution in [2.75, 3.05) is 4.90 Å². The molecule has 128 valence electrons. The zero-order valence-corrected chi connectivity index (χ0v) is 14.3. The Hall–Kier alpha value is -2.69. The van der Waals surface area contributed by atoms with Crippen molar-refractivity contribution in [2.45, 2.75) is 39.2 Å². The fourth-order valence-corrected chi connectivity index (χ4v) is 3.99. The first-order chi connectivity index (χ1) is 12.0. The Morgan fingerprint density at radius 2 is 1.88 bits per heavy atom. The summed E-state index contributed by atoms with van der Waals surface area (Å²) < 4.78 is 0. The van der Waals surface area contributed by atoms with Crippen LogP contribution in [0.25, 0.3) is 0 Å². The molecule has 2 heterocycles. The molecular weight excluding hydrogens is 316 g/mol. The van der Waals surface area contributed by atoms with Gasteiger partial charge in [-0.15, -0.1) is 0 Å². The lowest BCUT2D eigenvalue weighted by Crippen LogP contribution is -2.39. The van der Waals surface area contributed by atoms with Crippen LogP contribution in [-0.4, -0.2) is 22.7 Å². The van der Waals surface area contributed by atoms with Crippen LogP contribution >= 0.6 is 0 Å². The summed E-state index contributed by atoms with van der Waals surface area (Å²) in [7, 11) is 0. The summed E-state index contributed by atoms with van der Waals surface area (Å²) in [6, 6.07) is 9.22. The zero-order chi connectivity index (χ0) is 17.7. The molecule has 5 nitrogen and oxygen atoms in total. The molecule has 1 amide bonds. The molecule has 25 heavy (non-hydrogen) atoms. The summed E-state index contributed by atoms with van der Waals surface area (Å²) in [4.78, 5) is 42.4. The SMILES string of the molecule is C[C@@H]1CC(=O)c2cc(C(=O)N3c4ccccc4C[C@@H]3C)c(=O)[nH]c2C1. The first-order valence-corrected chi connectivity index (χ1v) is 8.66. The molecule has 1 aromatic heterocycles. The average molecular weight is 336 g/mol. The molecule has 0 radical (unpaired) electrons. The molecular formula is C20H20N2O3. The minimum absolute atomic E-state index is 0.00563. The number of hydrogen-bond acceptors (Lipinski definition) is 3. The maximum atomic E-state index is 13.1. The van der Waals surface area contributed by atoms with E-state index < -0.39 is 5.56 Å². The second kappa shape index (κ2) is 5.69. The number of amides is 1. The normalized spacial score (nSPS) is 21.8. The molecule has 0 saturated carbocycles. The van der Waals surface area contributed by atoms with Crippen LogP contribution in [0.2, 0.25) is 0 Å². The molecule has 1 aromatic carbocycles. The maximum absolute atomic E-state index is 13.1. The molecule has 2 atom stereocenters. The third kappa shape index (κ3) is 2.51. The number of carbonyl (C=O) groups excluding carboxylic acids is 2. The number of nitrogens with zero attached hydrogens (tertiary/aromatic N) is 1. The van der Waals surface area contributed by atoms with E-state index in [0.29, 0.717) is 24.1 Å². The Kier molecular flexibility index (Phi) is 3.60. The van der Waals surface area contributed by atoms with E-state index in [0.717, 1.165) is 17.7 Å². The summed E-state index contributed by atoms with van der Waals surface area (Å²) in [6.45, 7) is 3.96. The predicted molar refractivity (Wildman–Crippen MR) is 95.3 cm³/mol. The molecule has 0 fully saturated rings. The Bertz CT molecular complexity index is 944. The summed E-state index contributed by atoms with van der Waals surface area (Å²) in [6.07, 6.45) is 1.88. The Labute approximate surface area is 145 Å². The number of carbonyl (C=O) groups is 2. The van der Waals surface area contributed by atoms with E-state index in [1.54, 1.807) is 4.90 Å². The van der Waals surface area contributed by atoms with E-state index in [4.69, 9.17) is 0 Å². The van der Waals surface area contributed by atoms with Crippen molar-refractivity contribution in [3.05, 3.63) is 63.1 Å². The van der Waals surface area contributed by atoms with Crippen LogP contribution in [0.1, 0.15) is 52.2 Å². The van der Waals surface area contributed by atoms with Gasteiger partial charge in [-0.2, -0.15) is 0 Å². The number of para-hydroxylation sites is 1. The number of pyridine rings is 1. The molecule has 0 bridgehead atoms. The number of hydrogen-bond donors (Lipinski definition) is 1. The second-order valence-electron chi connectivity index (χ2n) is 7.20. The van der Waals surface area contributed by atoms with E-state index >= 15 is 0 Å². The lowest BCUT2D eigenvalue weighted by atomic mass is 9.86. The fourth-order valence-electron chi connectivity index (χ4n) is 3.99. The summed E-state index contributed by atoms with van der Waals surface area (Å²) in [5.41, 5.74) is 2.72. The van der Waals surface area contributed by atoms with Gasteiger partial charge in [-0.1, -0.05) is 25.1 Å². The van der Waals surface area contributed by atoms with E-state index in [1.807, 2.05) is 38.1 Å². The fraction of sp³-hybridized carbons (Fsp3) is 0.350. The number of benzene rings is 1. The van der Waals surface area contributed by atoms with Crippen molar-refractivity contribution in [1.29, 1.82) is 0 Å². The van der Waals surface area contributed by atoms with Gasteiger partial charge in [-0.25, -0.2) is 0 Å². The maximum Gasteiger partial charge on any atom is 0.264 e. The molecule has 0 unspecified atom stereocenters. The van der Waals surface area contributed by atoms with Crippen LogP contribution in [0.3, 0.4) is 0 Å². The van der Waals surface area contributed by atoms with Crippen LogP contribution in [0.4, 0.5) is 5.69 Å². The third-order valence-electron chi connectivity index (χ3n) is 5.17. The van der Waals surface area contributed by atoms with Crippen molar-refractivity contribution in [3.8, 4) is 0 Å².